The van der Waals surface area contributed by atoms with Crippen LogP contribution in [-0.2, 0) is 4.74 Å². The number of ether oxygens (including phenoxy) is 2. The molecule has 1 aliphatic rings. The summed E-state index contributed by atoms with van der Waals surface area (Å²) in [5.41, 5.74) is -0.480. The van der Waals surface area contributed by atoms with Crippen LogP contribution in [0.15, 0.2) is 16.7 Å². The first-order valence-electron chi connectivity index (χ1n) is 7.66. The van der Waals surface area contributed by atoms with Crippen LogP contribution in [-0.4, -0.2) is 54.4 Å². The fourth-order valence-electron chi connectivity index (χ4n) is 2.54. The Labute approximate surface area is 145 Å². The Kier molecular flexibility index (Phi) is 5.39. The number of amides is 1. The molecule has 0 saturated carbocycles. The van der Waals surface area contributed by atoms with E-state index in [1.165, 1.54) is 0 Å². The standard InChI is InChI=1S/C16H24BrN3O3/c1-11-10-19(15(21)23-16(2,3)4)8-9-20(11)14-12(22-5)6-7-13(17)18-14/h6-7,11H,8-10H2,1-5H3. The van der Waals surface area contributed by atoms with E-state index in [-0.39, 0.29) is 12.1 Å². The van der Waals surface area contributed by atoms with E-state index < -0.39 is 5.60 Å². The molecule has 0 radical (unpaired) electrons. The average Bonchev–Trinajstić information content (AvgIpc) is 2.45. The number of carbonyl (C=O) groups is 1. The van der Waals surface area contributed by atoms with Crippen LogP contribution in [0, 0.1) is 0 Å². The minimum absolute atomic E-state index is 0.118. The van der Waals surface area contributed by atoms with Crippen molar-refractivity contribution in [2.45, 2.75) is 39.3 Å². The molecule has 1 amide bonds. The summed E-state index contributed by atoms with van der Waals surface area (Å²) in [5, 5.41) is 0. The summed E-state index contributed by atoms with van der Waals surface area (Å²) in [6.07, 6.45) is -0.266. The monoisotopic (exact) mass is 385 g/mol. The topological polar surface area (TPSA) is 54.9 Å². The van der Waals surface area contributed by atoms with Crippen molar-refractivity contribution in [1.29, 1.82) is 0 Å². The smallest absolute Gasteiger partial charge is 0.410 e. The number of methoxy groups -OCH3 is 1. The van der Waals surface area contributed by atoms with Crippen molar-refractivity contribution < 1.29 is 14.3 Å². The fourth-order valence-corrected chi connectivity index (χ4v) is 2.84. The highest BCUT2D eigenvalue weighted by Crippen LogP contribution is 2.30. The lowest BCUT2D eigenvalue weighted by molar-refractivity contribution is 0.0218. The van der Waals surface area contributed by atoms with Gasteiger partial charge in [0.25, 0.3) is 0 Å². The lowest BCUT2D eigenvalue weighted by Crippen LogP contribution is -2.54. The maximum atomic E-state index is 12.2. The van der Waals surface area contributed by atoms with Crippen LogP contribution in [0.1, 0.15) is 27.7 Å². The maximum Gasteiger partial charge on any atom is 0.410 e. The number of anilines is 1. The molecule has 1 fully saturated rings. The minimum Gasteiger partial charge on any atom is -0.493 e. The molecule has 1 aliphatic heterocycles. The third-order valence-corrected chi connectivity index (χ3v) is 4.02. The predicted octanol–water partition coefficient (Wildman–Crippen LogP) is 3.30. The molecule has 2 heterocycles. The van der Waals surface area contributed by atoms with Gasteiger partial charge in [0.15, 0.2) is 11.6 Å². The molecule has 7 heteroatoms. The van der Waals surface area contributed by atoms with Crippen LogP contribution in [0.25, 0.3) is 0 Å². The first kappa shape index (κ1) is 17.8. The Morgan fingerprint density at radius 2 is 2.04 bits per heavy atom. The van der Waals surface area contributed by atoms with Gasteiger partial charge in [-0.2, -0.15) is 0 Å². The normalized spacial score (nSPS) is 18.8. The summed E-state index contributed by atoms with van der Waals surface area (Å²) in [5.74, 6) is 1.52. The highest BCUT2D eigenvalue weighted by atomic mass is 79.9. The van der Waals surface area contributed by atoms with Gasteiger partial charge in [-0.25, -0.2) is 9.78 Å². The van der Waals surface area contributed by atoms with E-state index in [1.807, 2.05) is 32.9 Å². The van der Waals surface area contributed by atoms with Crippen molar-refractivity contribution in [1.82, 2.24) is 9.88 Å². The Hall–Kier alpha value is -1.50. The number of aromatic nitrogens is 1. The number of hydrogen-bond acceptors (Lipinski definition) is 5. The molecule has 0 N–H and O–H groups in total. The molecule has 0 bridgehead atoms. The SMILES string of the molecule is COc1ccc(Br)nc1N1CCN(C(=O)OC(C)(C)C)CC1C. The first-order valence-corrected chi connectivity index (χ1v) is 8.45. The fraction of sp³-hybridized carbons (Fsp3) is 0.625. The number of nitrogens with zero attached hydrogens (tertiary/aromatic N) is 3. The van der Waals surface area contributed by atoms with Crippen molar-refractivity contribution in [3.8, 4) is 5.75 Å². The summed E-state index contributed by atoms with van der Waals surface area (Å²) in [4.78, 5) is 20.7. The maximum absolute atomic E-state index is 12.2. The highest BCUT2D eigenvalue weighted by molar-refractivity contribution is 9.10. The van der Waals surface area contributed by atoms with Crippen molar-refractivity contribution >= 4 is 27.8 Å². The summed E-state index contributed by atoms with van der Waals surface area (Å²) in [6, 6.07) is 3.86. The molecule has 0 spiro atoms. The summed E-state index contributed by atoms with van der Waals surface area (Å²) in [7, 11) is 1.63. The summed E-state index contributed by atoms with van der Waals surface area (Å²) < 4.78 is 11.6. The zero-order chi connectivity index (χ0) is 17.2. The van der Waals surface area contributed by atoms with Gasteiger partial charge in [0.05, 0.1) is 7.11 Å². The molecular weight excluding hydrogens is 362 g/mol. The number of halogens is 1. The highest BCUT2D eigenvalue weighted by Gasteiger charge is 2.31. The molecule has 0 aliphatic carbocycles. The number of carbonyl (C=O) groups excluding carboxylic acids is 1. The number of hydrogen-bond donors (Lipinski definition) is 0. The number of rotatable bonds is 2. The first-order chi connectivity index (χ1) is 10.7. The van der Waals surface area contributed by atoms with E-state index in [9.17, 15) is 4.79 Å². The van der Waals surface area contributed by atoms with E-state index in [1.54, 1.807) is 12.0 Å². The van der Waals surface area contributed by atoms with E-state index in [2.05, 4.69) is 32.7 Å². The van der Waals surface area contributed by atoms with Crippen LogP contribution in [0.2, 0.25) is 0 Å². The van der Waals surface area contributed by atoms with E-state index in [0.29, 0.717) is 19.6 Å². The molecule has 1 unspecified atom stereocenters. The van der Waals surface area contributed by atoms with Crippen LogP contribution < -0.4 is 9.64 Å². The van der Waals surface area contributed by atoms with Crippen LogP contribution in [0.5, 0.6) is 5.75 Å². The molecule has 1 saturated heterocycles. The van der Waals surface area contributed by atoms with Crippen molar-refractivity contribution in [2.24, 2.45) is 0 Å². The van der Waals surface area contributed by atoms with Gasteiger partial charge in [-0.15, -0.1) is 0 Å². The molecule has 6 nitrogen and oxygen atoms in total. The Bertz CT molecular complexity index is 574. The van der Waals surface area contributed by atoms with Crippen molar-refractivity contribution in [2.75, 3.05) is 31.6 Å². The average molecular weight is 386 g/mol. The zero-order valence-corrected chi connectivity index (χ0v) is 15.9. The molecule has 0 aromatic carbocycles. The van der Waals surface area contributed by atoms with Gasteiger partial charge >= 0.3 is 6.09 Å². The third kappa shape index (κ3) is 4.50. The summed E-state index contributed by atoms with van der Waals surface area (Å²) >= 11 is 3.40. The molecule has 1 atom stereocenters. The summed E-state index contributed by atoms with van der Waals surface area (Å²) in [6.45, 7) is 9.56. The van der Waals surface area contributed by atoms with Crippen LogP contribution in [0.4, 0.5) is 10.6 Å². The molecule has 1 aromatic rings. The predicted molar refractivity (Wildman–Crippen MR) is 93.1 cm³/mol. The van der Waals surface area contributed by atoms with E-state index >= 15 is 0 Å². The van der Waals surface area contributed by atoms with Crippen LogP contribution >= 0.6 is 15.9 Å². The lowest BCUT2D eigenvalue weighted by Gasteiger charge is -2.41. The van der Waals surface area contributed by atoms with Gasteiger partial charge in [0.1, 0.15) is 10.2 Å². The van der Waals surface area contributed by atoms with Gasteiger partial charge in [-0.05, 0) is 55.8 Å². The van der Waals surface area contributed by atoms with E-state index in [0.717, 1.165) is 16.2 Å². The minimum atomic E-state index is -0.480. The van der Waals surface area contributed by atoms with Gasteiger partial charge < -0.3 is 19.3 Å². The molecular formula is C16H24BrN3O3. The zero-order valence-electron chi connectivity index (χ0n) is 14.3. The quantitative estimate of drug-likeness (QED) is 0.730. The van der Waals surface area contributed by atoms with E-state index in [4.69, 9.17) is 9.47 Å². The second-order valence-electron chi connectivity index (χ2n) is 6.63. The van der Waals surface area contributed by atoms with Crippen LogP contribution in [0.3, 0.4) is 0 Å². The van der Waals surface area contributed by atoms with Gasteiger partial charge in [0, 0.05) is 25.7 Å². The molecule has 128 valence electrons. The molecule has 23 heavy (non-hydrogen) atoms. The van der Waals surface area contributed by atoms with Crippen molar-refractivity contribution in [3.05, 3.63) is 16.7 Å². The van der Waals surface area contributed by atoms with Crippen molar-refractivity contribution in [3.63, 3.8) is 0 Å². The second-order valence-corrected chi connectivity index (χ2v) is 7.44. The molecule has 2 rings (SSSR count). The Morgan fingerprint density at radius 3 is 2.61 bits per heavy atom. The Balaban J connectivity index is 2.10. The second kappa shape index (κ2) is 6.95. The van der Waals surface area contributed by atoms with Gasteiger partial charge in [-0.3, -0.25) is 0 Å². The number of pyridine rings is 1. The largest absolute Gasteiger partial charge is 0.493 e. The van der Waals surface area contributed by atoms with Gasteiger partial charge in [0.2, 0.25) is 0 Å². The molecule has 1 aromatic heterocycles. The Morgan fingerprint density at radius 1 is 1.35 bits per heavy atom. The number of piperazine rings is 1. The lowest BCUT2D eigenvalue weighted by atomic mass is 10.2. The third-order valence-electron chi connectivity index (χ3n) is 3.58. The van der Waals surface area contributed by atoms with Gasteiger partial charge in [-0.1, -0.05) is 0 Å².